The van der Waals surface area contributed by atoms with Gasteiger partial charge in [0.2, 0.25) is 0 Å². The first-order chi connectivity index (χ1) is 9.13. The minimum atomic E-state index is -0.678. The topological polar surface area (TPSA) is 42.7 Å². The van der Waals surface area contributed by atoms with E-state index in [9.17, 15) is 8.78 Å². The Morgan fingerprint density at radius 3 is 2.84 bits per heavy atom. The summed E-state index contributed by atoms with van der Waals surface area (Å²) in [6.45, 7) is 3.43. The van der Waals surface area contributed by atoms with E-state index >= 15 is 0 Å². The summed E-state index contributed by atoms with van der Waals surface area (Å²) in [7, 11) is 0. The molecule has 7 heteroatoms. The Balaban J connectivity index is 2.32. The van der Waals surface area contributed by atoms with Crippen LogP contribution >= 0.6 is 15.9 Å². The summed E-state index contributed by atoms with van der Waals surface area (Å²) < 4.78 is 28.5. The molecule has 102 valence electrons. The van der Waals surface area contributed by atoms with Crippen molar-refractivity contribution in [3.8, 4) is 5.69 Å². The van der Waals surface area contributed by atoms with E-state index in [4.69, 9.17) is 0 Å². The Morgan fingerprint density at radius 1 is 1.32 bits per heavy atom. The molecule has 1 aromatic carbocycles. The van der Waals surface area contributed by atoms with Crippen LogP contribution in [-0.2, 0) is 6.54 Å². The highest BCUT2D eigenvalue weighted by atomic mass is 79.9. The maximum atomic E-state index is 13.8. The first-order valence-electron chi connectivity index (χ1n) is 5.88. The van der Waals surface area contributed by atoms with Crippen molar-refractivity contribution in [2.75, 3.05) is 6.54 Å². The van der Waals surface area contributed by atoms with Crippen molar-refractivity contribution in [2.45, 2.75) is 19.9 Å². The Morgan fingerprint density at radius 2 is 2.11 bits per heavy atom. The van der Waals surface area contributed by atoms with Crippen molar-refractivity contribution in [2.24, 2.45) is 0 Å². The highest BCUT2D eigenvalue weighted by Crippen LogP contribution is 2.23. The van der Waals surface area contributed by atoms with Gasteiger partial charge in [-0.15, -0.1) is 5.10 Å². The standard InChI is InChI=1S/C12H13BrF2N4/c1-2-3-16-6-8-7-17-18-19(8)12-4-9(13)10(14)5-11(12)15/h4-5,7,16H,2-3,6H2,1H3. The molecule has 0 atom stereocenters. The summed E-state index contributed by atoms with van der Waals surface area (Å²) in [5, 5.41) is 10.8. The van der Waals surface area contributed by atoms with E-state index < -0.39 is 11.6 Å². The molecule has 0 unspecified atom stereocenters. The van der Waals surface area contributed by atoms with Crippen LogP contribution in [0.1, 0.15) is 19.0 Å². The molecule has 0 aliphatic rings. The van der Waals surface area contributed by atoms with Gasteiger partial charge in [-0.1, -0.05) is 12.1 Å². The minimum absolute atomic E-state index is 0.166. The molecule has 1 N–H and O–H groups in total. The van der Waals surface area contributed by atoms with Gasteiger partial charge in [0, 0.05) is 12.6 Å². The number of hydrogen-bond donors (Lipinski definition) is 1. The lowest BCUT2D eigenvalue weighted by molar-refractivity contribution is 0.562. The highest BCUT2D eigenvalue weighted by Gasteiger charge is 2.13. The Hall–Kier alpha value is -1.34. The van der Waals surface area contributed by atoms with E-state index in [1.54, 1.807) is 6.20 Å². The summed E-state index contributed by atoms with van der Waals surface area (Å²) in [5.74, 6) is -1.32. The van der Waals surface area contributed by atoms with Crippen LogP contribution in [0.25, 0.3) is 5.69 Å². The molecule has 4 nitrogen and oxygen atoms in total. The van der Waals surface area contributed by atoms with Gasteiger partial charge in [-0.05, 0) is 35.0 Å². The summed E-state index contributed by atoms with van der Waals surface area (Å²) in [4.78, 5) is 0. The van der Waals surface area contributed by atoms with Crippen LogP contribution in [0.2, 0.25) is 0 Å². The normalized spacial score (nSPS) is 10.9. The number of rotatable bonds is 5. The average Bonchev–Trinajstić information content (AvgIpc) is 2.82. The number of nitrogens with zero attached hydrogens (tertiary/aromatic N) is 3. The highest BCUT2D eigenvalue weighted by molar-refractivity contribution is 9.10. The summed E-state index contributed by atoms with van der Waals surface area (Å²) >= 11 is 3.04. The van der Waals surface area contributed by atoms with E-state index in [1.807, 2.05) is 0 Å². The molecule has 0 radical (unpaired) electrons. The van der Waals surface area contributed by atoms with Gasteiger partial charge >= 0.3 is 0 Å². The zero-order chi connectivity index (χ0) is 13.8. The van der Waals surface area contributed by atoms with Crippen molar-refractivity contribution < 1.29 is 8.78 Å². The zero-order valence-electron chi connectivity index (χ0n) is 10.3. The molecule has 2 rings (SSSR count). The van der Waals surface area contributed by atoms with E-state index in [-0.39, 0.29) is 10.2 Å². The van der Waals surface area contributed by atoms with Gasteiger partial charge in [0.15, 0.2) is 5.82 Å². The van der Waals surface area contributed by atoms with Crippen LogP contribution in [0, 0.1) is 11.6 Å². The van der Waals surface area contributed by atoms with Crippen LogP contribution in [0.4, 0.5) is 8.78 Å². The molecule has 0 saturated heterocycles. The Bertz CT molecular complexity index is 571. The largest absolute Gasteiger partial charge is 0.311 e. The van der Waals surface area contributed by atoms with Gasteiger partial charge in [-0.3, -0.25) is 0 Å². The summed E-state index contributed by atoms with van der Waals surface area (Å²) in [6.07, 6.45) is 2.55. The molecule has 0 aliphatic heterocycles. The van der Waals surface area contributed by atoms with Crippen molar-refractivity contribution >= 4 is 15.9 Å². The maximum Gasteiger partial charge on any atom is 0.151 e. The monoisotopic (exact) mass is 330 g/mol. The molecule has 19 heavy (non-hydrogen) atoms. The fourth-order valence-corrected chi connectivity index (χ4v) is 1.98. The van der Waals surface area contributed by atoms with Crippen LogP contribution < -0.4 is 5.32 Å². The second-order valence-corrected chi connectivity index (χ2v) is 4.89. The van der Waals surface area contributed by atoms with E-state index in [2.05, 4.69) is 38.5 Å². The van der Waals surface area contributed by atoms with Gasteiger partial charge < -0.3 is 5.32 Å². The molecule has 0 bridgehead atoms. The van der Waals surface area contributed by atoms with Crippen LogP contribution in [0.15, 0.2) is 22.8 Å². The van der Waals surface area contributed by atoms with E-state index in [0.29, 0.717) is 12.2 Å². The van der Waals surface area contributed by atoms with Crippen molar-refractivity contribution in [1.82, 2.24) is 20.3 Å². The van der Waals surface area contributed by atoms with Gasteiger partial charge in [0.25, 0.3) is 0 Å². The molecule has 0 spiro atoms. The summed E-state index contributed by atoms with van der Waals surface area (Å²) in [5.41, 5.74) is 0.880. The number of halogens is 3. The van der Waals surface area contributed by atoms with Crippen molar-refractivity contribution in [3.63, 3.8) is 0 Å². The first kappa shape index (κ1) is 14.1. The van der Waals surface area contributed by atoms with Crippen LogP contribution in [0.3, 0.4) is 0 Å². The van der Waals surface area contributed by atoms with Crippen LogP contribution in [0.5, 0.6) is 0 Å². The quantitative estimate of drug-likeness (QED) is 0.677. The smallest absolute Gasteiger partial charge is 0.151 e. The number of hydrogen-bond acceptors (Lipinski definition) is 3. The lowest BCUT2D eigenvalue weighted by Crippen LogP contribution is -2.17. The van der Waals surface area contributed by atoms with E-state index in [1.165, 1.54) is 10.7 Å². The Labute approximate surface area is 117 Å². The van der Waals surface area contributed by atoms with Crippen molar-refractivity contribution in [1.29, 1.82) is 0 Å². The predicted molar refractivity (Wildman–Crippen MR) is 71.0 cm³/mol. The average molecular weight is 331 g/mol. The van der Waals surface area contributed by atoms with Crippen molar-refractivity contribution in [3.05, 3.63) is 40.1 Å². The minimum Gasteiger partial charge on any atom is -0.311 e. The van der Waals surface area contributed by atoms with Gasteiger partial charge in [0.05, 0.1) is 16.4 Å². The molecule has 0 aliphatic carbocycles. The lowest BCUT2D eigenvalue weighted by Gasteiger charge is -2.09. The molecular weight excluding hydrogens is 318 g/mol. The van der Waals surface area contributed by atoms with Crippen LogP contribution in [-0.4, -0.2) is 21.5 Å². The first-order valence-corrected chi connectivity index (χ1v) is 6.68. The Kier molecular flexibility index (Phi) is 4.60. The third-order valence-electron chi connectivity index (χ3n) is 2.57. The van der Waals surface area contributed by atoms with E-state index in [0.717, 1.165) is 19.0 Å². The molecule has 2 aromatic rings. The third kappa shape index (κ3) is 3.16. The van der Waals surface area contributed by atoms with Gasteiger partial charge in [0.1, 0.15) is 11.5 Å². The zero-order valence-corrected chi connectivity index (χ0v) is 11.9. The fourth-order valence-electron chi connectivity index (χ4n) is 1.65. The van der Waals surface area contributed by atoms with Gasteiger partial charge in [-0.2, -0.15) is 0 Å². The molecule has 0 fully saturated rings. The molecule has 1 heterocycles. The molecule has 1 aromatic heterocycles. The molecule has 0 amide bonds. The number of aromatic nitrogens is 3. The molecule has 0 saturated carbocycles. The molecular formula is C12H13BrF2N4. The SMILES string of the molecule is CCCNCc1cnnn1-c1cc(Br)c(F)cc1F. The summed E-state index contributed by atoms with van der Waals surface area (Å²) in [6, 6.07) is 2.17. The predicted octanol–water partition coefficient (Wildman–Crippen LogP) is 2.81. The maximum absolute atomic E-state index is 13.8. The van der Waals surface area contributed by atoms with Gasteiger partial charge in [-0.25, -0.2) is 13.5 Å². The lowest BCUT2D eigenvalue weighted by atomic mass is 10.3. The second kappa shape index (κ2) is 6.21. The third-order valence-corrected chi connectivity index (χ3v) is 3.18. The second-order valence-electron chi connectivity index (χ2n) is 4.03. The fraction of sp³-hybridized carbons (Fsp3) is 0.333. The number of nitrogens with one attached hydrogen (secondary N) is 1. The number of benzene rings is 1.